The first-order valence-corrected chi connectivity index (χ1v) is 8.77. The van der Waals surface area contributed by atoms with Gasteiger partial charge in [0, 0.05) is 14.3 Å². The molecule has 5 aromatic rings. The van der Waals surface area contributed by atoms with E-state index in [0.717, 1.165) is 8.95 Å². The van der Waals surface area contributed by atoms with Crippen molar-refractivity contribution in [1.29, 1.82) is 0 Å². The molecule has 104 valence electrons. The van der Waals surface area contributed by atoms with Gasteiger partial charge in [-0.2, -0.15) is 0 Å². The monoisotopic (exact) mass is 408 g/mol. The molecule has 0 radical (unpaired) electrons. The van der Waals surface area contributed by atoms with Crippen LogP contribution in [0.25, 0.3) is 43.1 Å². The highest BCUT2D eigenvalue weighted by Gasteiger charge is 2.15. The molecule has 0 nitrogen and oxygen atoms in total. The molecule has 5 aromatic carbocycles. The number of rotatable bonds is 0. The number of halogens is 2. The van der Waals surface area contributed by atoms with Gasteiger partial charge in [0.25, 0.3) is 0 Å². The molecule has 0 aliphatic heterocycles. The average Bonchev–Trinajstić information content (AvgIpc) is 2.54. The minimum atomic E-state index is 1.14. The van der Waals surface area contributed by atoms with Crippen LogP contribution in [0.15, 0.2) is 69.6 Å². The summed E-state index contributed by atoms with van der Waals surface area (Å²) >= 11 is 7.48. The molecule has 2 heteroatoms. The van der Waals surface area contributed by atoms with Gasteiger partial charge in [0.1, 0.15) is 0 Å². The molecule has 0 saturated carbocycles. The van der Waals surface area contributed by atoms with Crippen molar-refractivity contribution in [2.24, 2.45) is 0 Å². The van der Waals surface area contributed by atoms with Gasteiger partial charge < -0.3 is 0 Å². The molecule has 0 amide bonds. The Kier molecular flexibility index (Phi) is 2.59. The molecule has 0 bridgehead atoms. The Morgan fingerprint density at radius 3 is 1.91 bits per heavy atom. The van der Waals surface area contributed by atoms with Gasteiger partial charge >= 0.3 is 0 Å². The summed E-state index contributed by atoms with van der Waals surface area (Å²) < 4.78 is 2.30. The van der Waals surface area contributed by atoms with Crippen molar-refractivity contribution in [2.75, 3.05) is 0 Å². The maximum absolute atomic E-state index is 3.77. The normalized spacial score (nSPS) is 12.1. The van der Waals surface area contributed by atoms with E-state index in [9.17, 15) is 0 Å². The van der Waals surface area contributed by atoms with Gasteiger partial charge in [0.15, 0.2) is 0 Å². The van der Waals surface area contributed by atoms with E-state index in [1.165, 1.54) is 43.1 Å². The van der Waals surface area contributed by atoms with Gasteiger partial charge in [-0.25, -0.2) is 0 Å². The first kappa shape index (κ1) is 12.9. The Labute approximate surface area is 144 Å². The van der Waals surface area contributed by atoms with E-state index in [1.54, 1.807) is 0 Å². The summed E-state index contributed by atoms with van der Waals surface area (Å²) in [6.45, 7) is 0. The van der Waals surface area contributed by atoms with Crippen LogP contribution in [-0.4, -0.2) is 0 Å². The van der Waals surface area contributed by atoms with Gasteiger partial charge in [-0.1, -0.05) is 80.4 Å². The molecule has 0 fully saturated rings. The SMILES string of the molecule is Brc1ccc2c3cccc4cccc(c5c(Br)ccc1c25)c43. The third kappa shape index (κ3) is 1.52. The summed E-state index contributed by atoms with van der Waals surface area (Å²) in [5.41, 5.74) is 0. The quantitative estimate of drug-likeness (QED) is 0.186. The summed E-state index contributed by atoms with van der Waals surface area (Å²) in [6, 6.07) is 21.9. The fourth-order valence-electron chi connectivity index (χ4n) is 3.65. The van der Waals surface area contributed by atoms with Crippen LogP contribution >= 0.6 is 31.9 Å². The fourth-order valence-corrected chi connectivity index (χ4v) is 4.65. The molecule has 0 N–H and O–H groups in total. The summed E-state index contributed by atoms with van der Waals surface area (Å²) in [6.07, 6.45) is 0. The molecule has 0 heterocycles. The second-order valence-corrected chi connectivity index (χ2v) is 7.36. The number of hydrogen-bond donors (Lipinski definition) is 0. The Morgan fingerprint density at radius 1 is 0.455 bits per heavy atom. The standard InChI is InChI=1S/C20H10Br2/c21-16-9-7-13-12-5-1-3-11-4-2-6-15(18(11)12)20-17(22)10-8-14(16)19(13)20/h1-10H. The highest BCUT2D eigenvalue weighted by molar-refractivity contribution is 9.11. The zero-order valence-corrected chi connectivity index (χ0v) is 14.7. The van der Waals surface area contributed by atoms with Crippen molar-refractivity contribution in [3.8, 4) is 0 Å². The summed E-state index contributed by atoms with van der Waals surface area (Å²) in [4.78, 5) is 0. The first-order chi connectivity index (χ1) is 10.8. The molecule has 0 saturated heterocycles. The summed E-state index contributed by atoms with van der Waals surface area (Å²) in [7, 11) is 0. The van der Waals surface area contributed by atoms with Crippen molar-refractivity contribution in [3.63, 3.8) is 0 Å². The molecule has 0 aliphatic rings. The molecular weight excluding hydrogens is 400 g/mol. The predicted molar refractivity (Wildman–Crippen MR) is 103 cm³/mol. The van der Waals surface area contributed by atoms with Crippen molar-refractivity contribution < 1.29 is 0 Å². The number of benzene rings is 5. The third-order valence-corrected chi connectivity index (χ3v) is 5.89. The van der Waals surface area contributed by atoms with Crippen LogP contribution in [0.1, 0.15) is 0 Å². The highest BCUT2D eigenvalue weighted by atomic mass is 79.9. The predicted octanol–water partition coefficient (Wildman–Crippen LogP) is 7.26. The first-order valence-electron chi connectivity index (χ1n) is 7.19. The van der Waals surface area contributed by atoms with Crippen LogP contribution < -0.4 is 0 Å². The topological polar surface area (TPSA) is 0 Å². The van der Waals surface area contributed by atoms with Crippen molar-refractivity contribution >= 4 is 74.9 Å². The summed E-state index contributed by atoms with van der Waals surface area (Å²) in [5, 5.41) is 10.5. The van der Waals surface area contributed by atoms with E-state index >= 15 is 0 Å². The van der Waals surface area contributed by atoms with Gasteiger partial charge in [-0.05, 0) is 49.8 Å². The zero-order chi connectivity index (χ0) is 14.8. The van der Waals surface area contributed by atoms with Crippen LogP contribution in [0.3, 0.4) is 0 Å². The minimum Gasteiger partial charge on any atom is -0.0610 e. The van der Waals surface area contributed by atoms with Crippen LogP contribution in [0.2, 0.25) is 0 Å². The Morgan fingerprint density at radius 2 is 1.09 bits per heavy atom. The molecule has 0 spiro atoms. The van der Waals surface area contributed by atoms with Crippen molar-refractivity contribution in [3.05, 3.63) is 69.6 Å². The van der Waals surface area contributed by atoms with E-state index in [2.05, 4.69) is 92.5 Å². The number of fused-ring (bicyclic) bond motifs is 2. The van der Waals surface area contributed by atoms with Gasteiger partial charge in [-0.3, -0.25) is 0 Å². The lowest BCUT2D eigenvalue weighted by molar-refractivity contribution is 1.73. The Bertz CT molecular complexity index is 1180. The summed E-state index contributed by atoms with van der Waals surface area (Å²) in [5.74, 6) is 0. The lowest BCUT2D eigenvalue weighted by Crippen LogP contribution is -1.88. The lowest BCUT2D eigenvalue weighted by atomic mass is 9.90. The van der Waals surface area contributed by atoms with E-state index in [-0.39, 0.29) is 0 Å². The maximum atomic E-state index is 3.77. The van der Waals surface area contributed by atoms with Crippen LogP contribution in [-0.2, 0) is 0 Å². The van der Waals surface area contributed by atoms with Crippen molar-refractivity contribution in [2.45, 2.75) is 0 Å². The van der Waals surface area contributed by atoms with E-state index in [0.29, 0.717) is 0 Å². The molecule has 22 heavy (non-hydrogen) atoms. The molecule has 0 aliphatic carbocycles. The molecule has 0 aromatic heterocycles. The lowest BCUT2D eigenvalue weighted by Gasteiger charge is -2.16. The molecule has 0 unspecified atom stereocenters. The largest absolute Gasteiger partial charge is 0.0610 e. The van der Waals surface area contributed by atoms with Crippen LogP contribution in [0.5, 0.6) is 0 Å². The average molecular weight is 410 g/mol. The van der Waals surface area contributed by atoms with Crippen LogP contribution in [0.4, 0.5) is 0 Å². The van der Waals surface area contributed by atoms with Gasteiger partial charge in [-0.15, -0.1) is 0 Å². The fraction of sp³-hybridized carbons (Fsp3) is 0. The highest BCUT2D eigenvalue weighted by Crippen LogP contribution is 2.44. The van der Waals surface area contributed by atoms with E-state index in [1.807, 2.05) is 0 Å². The number of hydrogen-bond acceptors (Lipinski definition) is 0. The molecular formula is C20H10Br2. The maximum Gasteiger partial charge on any atom is 0.0260 e. The minimum absolute atomic E-state index is 1.14. The second kappa shape index (κ2) is 4.43. The Hall–Kier alpha value is -1.64. The Balaban J connectivity index is 2.31. The van der Waals surface area contributed by atoms with E-state index < -0.39 is 0 Å². The second-order valence-electron chi connectivity index (χ2n) is 5.65. The third-order valence-electron chi connectivity index (χ3n) is 4.54. The van der Waals surface area contributed by atoms with Gasteiger partial charge in [0.2, 0.25) is 0 Å². The van der Waals surface area contributed by atoms with Crippen LogP contribution in [0, 0.1) is 0 Å². The van der Waals surface area contributed by atoms with Gasteiger partial charge in [0.05, 0.1) is 0 Å². The smallest absolute Gasteiger partial charge is 0.0260 e. The molecule has 0 atom stereocenters. The molecule has 5 rings (SSSR count). The van der Waals surface area contributed by atoms with E-state index in [4.69, 9.17) is 0 Å². The zero-order valence-electron chi connectivity index (χ0n) is 11.5. The van der Waals surface area contributed by atoms with Crippen molar-refractivity contribution in [1.82, 2.24) is 0 Å².